The molecule has 33 heavy (non-hydrogen) atoms. The van der Waals surface area contributed by atoms with Gasteiger partial charge in [0.25, 0.3) is 5.69 Å². The first-order valence-electron chi connectivity index (χ1n) is 10.8. The van der Waals surface area contributed by atoms with Crippen LogP contribution in [0.5, 0.6) is 5.75 Å². The number of aryl methyl sites for hydroxylation is 2. The molecule has 0 spiro atoms. The van der Waals surface area contributed by atoms with Crippen molar-refractivity contribution in [3.63, 3.8) is 0 Å². The monoisotopic (exact) mass is 450 g/mol. The zero-order valence-corrected chi connectivity index (χ0v) is 18.7. The number of hydrogen-bond donors (Lipinski definition) is 0. The van der Waals surface area contributed by atoms with Crippen molar-refractivity contribution in [3.05, 3.63) is 81.2 Å². The number of carbonyl (C=O) groups excluding carboxylic acids is 1. The number of aromatic nitrogens is 1. The molecule has 1 saturated heterocycles. The fourth-order valence-corrected chi connectivity index (χ4v) is 3.94. The number of hydrogen-bond acceptors (Lipinski definition) is 7. The number of nitro benzene ring substituents is 1. The fourth-order valence-electron chi connectivity index (χ4n) is 3.94. The van der Waals surface area contributed by atoms with E-state index in [-0.39, 0.29) is 16.5 Å². The van der Waals surface area contributed by atoms with Gasteiger partial charge in [0.05, 0.1) is 22.6 Å². The summed E-state index contributed by atoms with van der Waals surface area (Å²) in [5.41, 5.74) is 3.35. The van der Waals surface area contributed by atoms with Gasteiger partial charge in [-0.2, -0.15) is 0 Å². The Labute approximate surface area is 191 Å². The van der Waals surface area contributed by atoms with Gasteiger partial charge in [0.2, 0.25) is 5.91 Å². The average Bonchev–Trinajstić information content (AvgIpc) is 3.15. The molecule has 1 aliphatic heterocycles. The van der Waals surface area contributed by atoms with E-state index in [1.54, 1.807) is 18.2 Å². The third-order valence-corrected chi connectivity index (χ3v) is 5.89. The van der Waals surface area contributed by atoms with Crippen molar-refractivity contribution in [2.45, 2.75) is 26.9 Å². The number of para-hydroxylation sites is 2. The molecule has 0 atom stereocenters. The molecule has 2 heterocycles. The number of amides is 1. The van der Waals surface area contributed by atoms with E-state index < -0.39 is 0 Å². The molecule has 3 aromatic rings. The lowest BCUT2D eigenvalue weighted by Crippen LogP contribution is -2.49. The molecule has 1 aliphatic rings. The van der Waals surface area contributed by atoms with Crippen LogP contribution in [0, 0.1) is 24.0 Å². The third-order valence-electron chi connectivity index (χ3n) is 5.89. The summed E-state index contributed by atoms with van der Waals surface area (Å²) < 4.78 is 11.0. The number of rotatable bonds is 7. The van der Waals surface area contributed by atoms with Gasteiger partial charge < -0.3 is 19.1 Å². The number of carbonyl (C=O) groups is 1. The summed E-state index contributed by atoms with van der Waals surface area (Å²) in [6.45, 7) is 6.30. The first-order valence-corrected chi connectivity index (χ1v) is 10.8. The SMILES string of the molecule is Cc1noc(C)c1COc1ccc(CC(=O)N2CCN(c3ccccc3[N+](=O)[O-])CC2)cc1. The van der Waals surface area contributed by atoms with E-state index >= 15 is 0 Å². The van der Waals surface area contributed by atoms with Crippen LogP contribution in [0.1, 0.15) is 22.6 Å². The lowest BCUT2D eigenvalue weighted by molar-refractivity contribution is -0.384. The summed E-state index contributed by atoms with van der Waals surface area (Å²) in [6, 6.07) is 14.2. The van der Waals surface area contributed by atoms with Crippen LogP contribution in [0.15, 0.2) is 53.1 Å². The summed E-state index contributed by atoms with van der Waals surface area (Å²) in [4.78, 5) is 27.5. The number of benzene rings is 2. The van der Waals surface area contributed by atoms with E-state index in [0.717, 1.165) is 22.6 Å². The molecular weight excluding hydrogens is 424 g/mol. The highest BCUT2D eigenvalue weighted by molar-refractivity contribution is 5.79. The van der Waals surface area contributed by atoms with E-state index in [1.165, 1.54) is 6.07 Å². The van der Waals surface area contributed by atoms with Gasteiger partial charge in [-0.05, 0) is 37.6 Å². The van der Waals surface area contributed by atoms with Crippen LogP contribution < -0.4 is 9.64 Å². The quantitative estimate of drug-likeness (QED) is 0.400. The summed E-state index contributed by atoms with van der Waals surface area (Å²) in [7, 11) is 0. The van der Waals surface area contributed by atoms with Crippen molar-refractivity contribution >= 4 is 17.3 Å². The highest BCUT2D eigenvalue weighted by Crippen LogP contribution is 2.28. The largest absolute Gasteiger partial charge is 0.489 e. The van der Waals surface area contributed by atoms with Crippen LogP contribution in [0.3, 0.4) is 0 Å². The molecule has 1 amide bonds. The van der Waals surface area contributed by atoms with Crippen LogP contribution in [-0.4, -0.2) is 47.1 Å². The maximum atomic E-state index is 12.8. The molecular formula is C24H26N4O5. The Hall–Kier alpha value is -3.88. The topological polar surface area (TPSA) is 102 Å². The van der Waals surface area contributed by atoms with E-state index in [4.69, 9.17) is 9.26 Å². The van der Waals surface area contributed by atoms with Gasteiger partial charge in [0.1, 0.15) is 23.8 Å². The zero-order chi connectivity index (χ0) is 23.4. The molecule has 0 radical (unpaired) electrons. The minimum Gasteiger partial charge on any atom is -0.489 e. The Morgan fingerprint density at radius 2 is 1.79 bits per heavy atom. The molecule has 1 aromatic heterocycles. The molecule has 1 fully saturated rings. The minimum absolute atomic E-state index is 0.0431. The molecule has 9 heteroatoms. The molecule has 0 unspecified atom stereocenters. The predicted molar refractivity (Wildman–Crippen MR) is 122 cm³/mol. The van der Waals surface area contributed by atoms with Crippen LogP contribution in [0.4, 0.5) is 11.4 Å². The molecule has 0 N–H and O–H groups in total. The zero-order valence-electron chi connectivity index (χ0n) is 18.7. The van der Waals surface area contributed by atoms with Gasteiger partial charge in [-0.3, -0.25) is 14.9 Å². The van der Waals surface area contributed by atoms with Gasteiger partial charge >= 0.3 is 0 Å². The summed E-state index contributed by atoms with van der Waals surface area (Å²) in [5, 5.41) is 15.2. The third kappa shape index (κ3) is 5.14. The summed E-state index contributed by atoms with van der Waals surface area (Å²) in [5.74, 6) is 1.50. The molecule has 0 aliphatic carbocycles. The molecule has 172 valence electrons. The Bertz CT molecular complexity index is 1110. The van der Waals surface area contributed by atoms with Gasteiger partial charge in [-0.1, -0.05) is 29.4 Å². The Balaban J connectivity index is 1.29. The van der Waals surface area contributed by atoms with Crippen molar-refractivity contribution in [3.8, 4) is 5.75 Å². The number of piperazine rings is 1. The Morgan fingerprint density at radius 1 is 1.09 bits per heavy atom. The van der Waals surface area contributed by atoms with Gasteiger partial charge in [-0.15, -0.1) is 0 Å². The van der Waals surface area contributed by atoms with Crippen molar-refractivity contribution < 1.29 is 19.0 Å². The first-order chi connectivity index (χ1) is 15.9. The Kier molecular flexibility index (Phi) is 6.58. The maximum Gasteiger partial charge on any atom is 0.292 e. The number of nitrogens with zero attached hydrogens (tertiary/aromatic N) is 4. The lowest BCUT2D eigenvalue weighted by atomic mass is 10.1. The molecule has 2 aromatic carbocycles. The van der Waals surface area contributed by atoms with Gasteiger partial charge in [0.15, 0.2) is 0 Å². The van der Waals surface area contributed by atoms with Crippen LogP contribution in [0.25, 0.3) is 0 Å². The van der Waals surface area contributed by atoms with Crippen LogP contribution in [0.2, 0.25) is 0 Å². The second kappa shape index (κ2) is 9.72. The van der Waals surface area contributed by atoms with E-state index in [0.29, 0.717) is 50.6 Å². The number of ether oxygens (including phenoxy) is 1. The molecule has 4 rings (SSSR count). The first kappa shape index (κ1) is 22.3. The highest BCUT2D eigenvalue weighted by Gasteiger charge is 2.25. The Morgan fingerprint density at radius 3 is 2.42 bits per heavy atom. The molecule has 0 saturated carbocycles. The van der Waals surface area contributed by atoms with Crippen LogP contribution in [-0.2, 0) is 17.8 Å². The average molecular weight is 450 g/mol. The number of anilines is 1. The van der Waals surface area contributed by atoms with Crippen LogP contribution >= 0.6 is 0 Å². The van der Waals surface area contributed by atoms with Gasteiger partial charge in [0, 0.05) is 32.2 Å². The smallest absolute Gasteiger partial charge is 0.292 e. The molecule has 9 nitrogen and oxygen atoms in total. The van der Waals surface area contributed by atoms with E-state index in [9.17, 15) is 14.9 Å². The van der Waals surface area contributed by atoms with Crippen molar-refractivity contribution in [2.75, 3.05) is 31.1 Å². The maximum absolute atomic E-state index is 12.8. The lowest BCUT2D eigenvalue weighted by Gasteiger charge is -2.35. The van der Waals surface area contributed by atoms with Crippen molar-refractivity contribution in [1.82, 2.24) is 10.1 Å². The van der Waals surface area contributed by atoms with E-state index in [2.05, 4.69) is 5.16 Å². The predicted octanol–water partition coefficient (Wildman–Crippen LogP) is 3.67. The fraction of sp³-hybridized carbons (Fsp3) is 0.333. The van der Waals surface area contributed by atoms with Crippen molar-refractivity contribution in [2.24, 2.45) is 0 Å². The number of nitro groups is 1. The normalized spacial score (nSPS) is 13.8. The summed E-state index contributed by atoms with van der Waals surface area (Å²) in [6.07, 6.45) is 0.301. The van der Waals surface area contributed by atoms with E-state index in [1.807, 2.05) is 47.9 Å². The van der Waals surface area contributed by atoms with Crippen molar-refractivity contribution in [1.29, 1.82) is 0 Å². The minimum atomic E-state index is -0.366. The van der Waals surface area contributed by atoms with Gasteiger partial charge in [-0.25, -0.2) is 0 Å². The standard InChI is InChI=1S/C24H26N4O5/c1-17-21(18(2)33-25-17)16-32-20-9-7-19(8-10-20)15-24(29)27-13-11-26(12-14-27)22-5-3-4-6-23(22)28(30)31/h3-10H,11-16H2,1-2H3. The summed E-state index contributed by atoms with van der Waals surface area (Å²) >= 11 is 0. The second-order valence-electron chi connectivity index (χ2n) is 8.03. The molecule has 0 bridgehead atoms. The second-order valence-corrected chi connectivity index (χ2v) is 8.03. The highest BCUT2D eigenvalue weighted by atomic mass is 16.6.